The van der Waals surface area contributed by atoms with Crippen LogP contribution in [-0.4, -0.2) is 26.0 Å². The highest BCUT2D eigenvalue weighted by atomic mass is 79.9. The Bertz CT molecular complexity index is 796. The summed E-state index contributed by atoms with van der Waals surface area (Å²) in [7, 11) is 0. The fourth-order valence-corrected chi connectivity index (χ4v) is 3.23. The van der Waals surface area contributed by atoms with Crippen LogP contribution in [0, 0.1) is 6.92 Å². The number of Topliss-reactive ketones (excluding diaryl/α,β-unsaturated/α-hetero) is 1. The fraction of sp³-hybridized carbons (Fsp3) is 0.143. The summed E-state index contributed by atoms with van der Waals surface area (Å²) in [4.78, 5) is 14.1. The Morgan fingerprint density at radius 1 is 1.29 bits per heavy atom. The van der Waals surface area contributed by atoms with Gasteiger partial charge in [-0.05, 0) is 45.8 Å². The summed E-state index contributed by atoms with van der Waals surface area (Å²) in [5.74, 6) is 0.507. The van der Waals surface area contributed by atoms with E-state index in [-0.39, 0.29) is 12.3 Å². The zero-order valence-electron chi connectivity index (χ0n) is 11.2. The van der Waals surface area contributed by atoms with E-state index in [1.807, 2.05) is 37.3 Å². The zero-order valence-corrected chi connectivity index (χ0v) is 13.6. The number of benzene rings is 1. The first-order valence-corrected chi connectivity index (χ1v) is 7.87. The number of nitrogens with zero attached hydrogens (tertiary/aromatic N) is 4. The molecule has 2 aromatic heterocycles. The van der Waals surface area contributed by atoms with Gasteiger partial charge in [0.2, 0.25) is 5.82 Å². The average molecular weight is 363 g/mol. The van der Waals surface area contributed by atoms with E-state index in [0.29, 0.717) is 10.7 Å². The summed E-state index contributed by atoms with van der Waals surface area (Å²) in [5.41, 5.74) is 2.00. The van der Waals surface area contributed by atoms with Crippen LogP contribution in [0.25, 0.3) is 11.4 Å². The smallest absolute Gasteiger partial charge is 0.205 e. The third kappa shape index (κ3) is 3.08. The van der Waals surface area contributed by atoms with Crippen molar-refractivity contribution < 1.29 is 4.79 Å². The van der Waals surface area contributed by atoms with Crippen LogP contribution < -0.4 is 0 Å². The van der Waals surface area contributed by atoms with E-state index in [1.54, 1.807) is 6.07 Å². The van der Waals surface area contributed by atoms with Crippen LogP contribution in [0.1, 0.15) is 15.2 Å². The van der Waals surface area contributed by atoms with Crippen LogP contribution in [0.3, 0.4) is 0 Å². The van der Waals surface area contributed by atoms with Gasteiger partial charge in [0, 0.05) is 5.56 Å². The van der Waals surface area contributed by atoms with Gasteiger partial charge in [0.05, 0.1) is 8.66 Å². The lowest BCUT2D eigenvalue weighted by atomic mass is 10.1. The lowest BCUT2D eigenvalue weighted by molar-refractivity contribution is 0.0965. The van der Waals surface area contributed by atoms with Crippen LogP contribution in [-0.2, 0) is 6.54 Å². The van der Waals surface area contributed by atoms with Crippen LogP contribution in [0.5, 0.6) is 0 Å². The van der Waals surface area contributed by atoms with E-state index in [1.165, 1.54) is 16.1 Å². The fourth-order valence-electron chi connectivity index (χ4n) is 1.91. The maximum absolute atomic E-state index is 12.1. The summed E-state index contributed by atoms with van der Waals surface area (Å²) in [6.45, 7) is 2.08. The molecule has 0 amide bonds. The highest BCUT2D eigenvalue weighted by Gasteiger charge is 2.13. The van der Waals surface area contributed by atoms with Crippen molar-refractivity contribution in [2.75, 3.05) is 0 Å². The van der Waals surface area contributed by atoms with Crippen molar-refractivity contribution in [3.63, 3.8) is 0 Å². The van der Waals surface area contributed by atoms with Crippen molar-refractivity contribution in [1.29, 1.82) is 0 Å². The lowest BCUT2D eigenvalue weighted by Crippen LogP contribution is -2.12. The molecule has 0 unspecified atom stereocenters. The van der Waals surface area contributed by atoms with Gasteiger partial charge in [0.15, 0.2) is 5.78 Å². The minimum Gasteiger partial charge on any atom is -0.291 e. The van der Waals surface area contributed by atoms with E-state index < -0.39 is 0 Å². The van der Waals surface area contributed by atoms with Crippen molar-refractivity contribution >= 4 is 33.0 Å². The molecular weight excluding hydrogens is 352 g/mol. The quantitative estimate of drug-likeness (QED) is 0.667. The molecule has 106 valence electrons. The summed E-state index contributed by atoms with van der Waals surface area (Å²) >= 11 is 4.74. The van der Waals surface area contributed by atoms with Crippen molar-refractivity contribution in [3.05, 3.63) is 50.6 Å². The second-order valence-electron chi connectivity index (χ2n) is 4.49. The number of carbonyl (C=O) groups is 1. The first-order valence-electron chi connectivity index (χ1n) is 6.26. The van der Waals surface area contributed by atoms with Gasteiger partial charge in [-0.25, -0.2) is 0 Å². The van der Waals surface area contributed by atoms with E-state index in [4.69, 9.17) is 0 Å². The Hall–Kier alpha value is -1.86. The maximum atomic E-state index is 12.1. The van der Waals surface area contributed by atoms with Crippen LogP contribution in [0.4, 0.5) is 0 Å². The third-order valence-electron chi connectivity index (χ3n) is 2.97. The molecule has 3 aromatic rings. The van der Waals surface area contributed by atoms with E-state index in [0.717, 1.165) is 14.9 Å². The number of rotatable bonds is 4. The molecule has 0 radical (unpaired) electrons. The van der Waals surface area contributed by atoms with Crippen molar-refractivity contribution in [3.8, 4) is 11.4 Å². The predicted molar refractivity (Wildman–Crippen MR) is 84.3 cm³/mol. The minimum absolute atomic E-state index is 0.0283. The van der Waals surface area contributed by atoms with Gasteiger partial charge in [-0.2, -0.15) is 4.80 Å². The first-order chi connectivity index (χ1) is 10.1. The molecule has 3 rings (SSSR count). The standard InChI is InChI=1S/C14H11BrN4OS/c1-9-4-2-3-5-10(9)14-16-18-19(17-14)8-11(20)12-6-7-13(15)21-12/h2-7H,8H2,1H3. The molecule has 0 aliphatic heterocycles. The molecule has 21 heavy (non-hydrogen) atoms. The molecule has 2 heterocycles. The number of tetrazole rings is 1. The molecule has 0 fully saturated rings. The highest BCUT2D eigenvalue weighted by Crippen LogP contribution is 2.23. The second-order valence-corrected chi connectivity index (χ2v) is 6.95. The number of thiophene rings is 1. The molecule has 0 saturated carbocycles. The van der Waals surface area contributed by atoms with Gasteiger partial charge in [-0.15, -0.1) is 21.5 Å². The normalized spacial score (nSPS) is 10.8. The molecular formula is C14H11BrN4OS. The number of carbonyl (C=O) groups excluding carboxylic acids is 1. The molecule has 0 bridgehead atoms. The van der Waals surface area contributed by atoms with Gasteiger partial charge in [-0.3, -0.25) is 4.79 Å². The summed E-state index contributed by atoms with van der Waals surface area (Å²) in [5, 5.41) is 12.3. The van der Waals surface area contributed by atoms with Gasteiger partial charge < -0.3 is 0 Å². The van der Waals surface area contributed by atoms with Gasteiger partial charge >= 0.3 is 0 Å². The van der Waals surface area contributed by atoms with Crippen molar-refractivity contribution in [2.45, 2.75) is 13.5 Å². The van der Waals surface area contributed by atoms with Crippen LogP contribution >= 0.6 is 27.3 Å². The van der Waals surface area contributed by atoms with Crippen LogP contribution in [0.2, 0.25) is 0 Å². The molecule has 0 aliphatic rings. The lowest BCUT2D eigenvalue weighted by Gasteiger charge is -1.99. The molecule has 1 aromatic carbocycles. The summed E-state index contributed by atoms with van der Waals surface area (Å²) < 4.78 is 0.929. The van der Waals surface area contributed by atoms with Crippen molar-refractivity contribution in [1.82, 2.24) is 20.2 Å². The number of ketones is 1. The zero-order chi connectivity index (χ0) is 14.8. The Balaban J connectivity index is 1.80. The SMILES string of the molecule is Cc1ccccc1-c1nnn(CC(=O)c2ccc(Br)s2)n1. The van der Waals surface area contributed by atoms with E-state index >= 15 is 0 Å². The number of aromatic nitrogens is 4. The molecule has 0 aliphatic carbocycles. The largest absolute Gasteiger partial charge is 0.291 e. The van der Waals surface area contributed by atoms with Gasteiger partial charge in [0.1, 0.15) is 6.54 Å². The first kappa shape index (κ1) is 14.1. The van der Waals surface area contributed by atoms with Crippen LogP contribution in [0.15, 0.2) is 40.2 Å². The number of aryl methyl sites for hydroxylation is 1. The minimum atomic E-state index is -0.0283. The summed E-state index contributed by atoms with van der Waals surface area (Å²) in [6.07, 6.45) is 0. The summed E-state index contributed by atoms with van der Waals surface area (Å²) in [6, 6.07) is 11.5. The van der Waals surface area contributed by atoms with Gasteiger partial charge in [-0.1, -0.05) is 24.3 Å². The number of halogens is 1. The molecule has 5 nitrogen and oxygen atoms in total. The predicted octanol–water partition coefficient (Wildman–Crippen LogP) is 3.36. The highest BCUT2D eigenvalue weighted by molar-refractivity contribution is 9.11. The van der Waals surface area contributed by atoms with Crippen molar-refractivity contribution in [2.24, 2.45) is 0 Å². The molecule has 0 atom stereocenters. The van der Waals surface area contributed by atoms with E-state index in [2.05, 4.69) is 31.3 Å². The van der Waals surface area contributed by atoms with Gasteiger partial charge in [0.25, 0.3) is 0 Å². The maximum Gasteiger partial charge on any atom is 0.205 e. The Kier molecular flexibility index (Phi) is 3.94. The average Bonchev–Trinajstić information content (AvgIpc) is 3.08. The molecule has 0 spiro atoms. The molecule has 7 heteroatoms. The number of hydrogen-bond donors (Lipinski definition) is 0. The topological polar surface area (TPSA) is 60.7 Å². The second kappa shape index (κ2) is 5.87. The Labute approximate surface area is 133 Å². The Morgan fingerprint density at radius 3 is 2.81 bits per heavy atom. The number of hydrogen-bond acceptors (Lipinski definition) is 5. The monoisotopic (exact) mass is 362 g/mol. The Morgan fingerprint density at radius 2 is 2.10 bits per heavy atom. The van der Waals surface area contributed by atoms with E-state index in [9.17, 15) is 4.79 Å². The molecule has 0 saturated heterocycles. The third-order valence-corrected chi connectivity index (χ3v) is 4.64. The molecule has 0 N–H and O–H groups in total.